The van der Waals surface area contributed by atoms with E-state index in [-0.39, 0.29) is 0 Å². The Morgan fingerprint density at radius 1 is 1.35 bits per heavy atom. The van der Waals surface area contributed by atoms with Gasteiger partial charge >= 0.3 is 0 Å². The summed E-state index contributed by atoms with van der Waals surface area (Å²) >= 11 is 3.54. The summed E-state index contributed by atoms with van der Waals surface area (Å²) in [6.07, 6.45) is 4.65. The average molecular weight is 292 g/mol. The van der Waals surface area contributed by atoms with Gasteiger partial charge in [-0.2, -0.15) is 0 Å². The Hall–Kier alpha value is -1.29. The van der Waals surface area contributed by atoms with Crippen LogP contribution in [0.3, 0.4) is 0 Å². The van der Waals surface area contributed by atoms with Crippen LogP contribution in [0.2, 0.25) is 0 Å². The minimum atomic E-state index is 0.640. The number of imidazole rings is 1. The van der Waals surface area contributed by atoms with Gasteiger partial charge in [0.25, 0.3) is 0 Å². The highest BCUT2D eigenvalue weighted by Gasteiger charge is 2.26. The smallest absolute Gasteiger partial charge is 0.207 e. The van der Waals surface area contributed by atoms with Gasteiger partial charge in [0.15, 0.2) is 0 Å². The van der Waals surface area contributed by atoms with Crippen LogP contribution in [0, 0.1) is 6.92 Å². The average Bonchev–Trinajstić information content (AvgIpc) is 3.07. The van der Waals surface area contributed by atoms with E-state index in [9.17, 15) is 0 Å². The first-order chi connectivity index (χ1) is 8.24. The molecule has 0 saturated heterocycles. The predicted octanol–water partition coefficient (Wildman–Crippen LogP) is 4.03. The summed E-state index contributed by atoms with van der Waals surface area (Å²) in [4.78, 5) is 4.54. The standard InChI is InChI=1S/C13H14BrN3/c1-9-8-17(10-6-7-10)13(15-9)16-12-5-3-2-4-11(12)14/h2-5,8,10H,6-7H2,1H3,(H,15,16). The summed E-state index contributed by atoms with van der Waals surface area (Å²) in [7, 11) is 0. The highest BCUT2D eigenvalue weighted by molar-refractivity contribution is 9.10. The molecular formula is C13H14BrN3. The zero-order chi connectivity index (χ0) is 11.8. The minimum Gasteiger partial charge on any atom is -0.325 e. The molecule has 1 saturated carbocycles. The molecule has 17 heavy (non-hydrogen) atoms. The van der Waals surface area contributed by atoms with Crippen molar-refractivity contribution in [3.63, 3.8) is 0 Å². The van der Waals surface area contributed by atoms with E-state index < -0.39 is 0 Å². The van der Waals surface area contributed by atoms with Crippen molar-refractivity contribution in [1.82, 2.24) is 9.55 Å². The van der Waals surface area contributed by atoms with Gasteiger partial charge in [0.2, 0.25) is 5.95 Å². The van der Waals surface area contributed by atoms with Gasteiger partial charge in [-0.15, -0.1) is 0 Å². The van der Waals surface area contributed by atoms with Crippen molar-refractivity contribution < 1.29 is 0 Å². The molecule has 0 atom stereocenters. The number of benzene rings is 1. The molecule has 1 aromatic heterocycles. The Kier molecular flexibility index (Phi) is 2.67. The lowest BCUT2D eigenvalue weighted by Crippen LogP contribution is -2.01. The summed E-state index contributed by atoms with van der Waals surface area (Å²) < 4.78 is 3.30. The normalized spacial score (nSPS) is 14.9. The van der Waals surface area contributed by atoms with Crippen LogP contribution in [0.1, 0.15) is 24.6 Å². The Bertz CT molecular complexity index is 543. The SMILES string of the molecule is Cc1cn(C2CC2)c(Nc2ccccc2Br)n1. The summed E-state index contributed by atoms with van der Waals surface area (Å²) in [5, 5.41) is 3.39. The van der Waals surface area contributed by atoms with E-state index in [4.69, 9.17) is 0 Å². The van der Waals surface area contributed by atoms with E-state index in [1.54, 1.807) is 0 Å². The lowest BCUT2D eigenvalue weighted by Gasteiger charge is -2.09. The number of para-hydroxylation sites is 1. The maximum absolute atomic E-state index is 4.54. The fraction of sp³-hybridized carbons (Fsp3) is 0.308. The molecular weight excluding hydrogens is 278 g/mol. The van der Waals surface area contributed by atoms with Gasteiger partial charge in [0.1, 0.15) is 0 Å². The number of hydrogen-bond donors (Lipinski definition) is 1. The fourth-order valence-corrected chi connectivity index (χ4v) is 2.31. The van der Waals surface area contributed by atoms with Gasteiger partial charge in [0.05, 0.1) is 11.4 Å². The molecule has 1 aliphatic carbocycles. The van der Waals surface area contributed by atoms with E-state index in [0.29, 0.717) is 6.04 Å². The van der Waals surface area contributed by atoms with E-state index in [0.717, 1.165) is 21.8 Å². The fourth-order valence-electron chi connectivity index (χ4n) is 1.92. The second-order valence-corrected chi connectivity index (χ2v) is 5.30. The van der Waals surface area contributed by atoms with E-state index in [1.807, 2.05) is 31.2 Å². The lowest BCUT2D eigenvalue weighted by molar-refractivity contribution is 0.750. The molecule has 1 aliphatic rings. The first-order valence-electron chi connectivity index (χ1n) is 5.81. The molecule has 88 valence electrons. The molecule has 4 heteroatoms. The zero-order valence-corrected chi connectivity index (χ0v) is 11.2. The van der Waals surface area contributed by atoms with Crippen molar-refractivity contribution in [2.45, 2.75) is 25.8 Å². The largest absolute Gasteiger partial charge is 0.325 e. The Morgan fingerprint density at radius 3 is 2.82 bits per heavy atom. The summed E-state index contributed by atoms with van der Waals surface area (Å²) in [5.74, 6) is 0.942. The van der Waals surface area contributed by atoms with Gasteiger partial charge in [-0.3, -0.25) is 0 Å². The molecule has 0 aliphatic heterocycles. The number of anilines is 2. The molecule has 1 aromatic carbocycles. The van der Waals surface area contributed by atoms with Crippen LogP contribution in [-0.2, 0) is 0 Å². The van der Waals surface area contributed by atoms with E-state index in [1.165, 1.54) is 12.8 Å². The van der Waals surface area contributed by atoms with Crippen molar-refractivity contribution in [2.75, 3.05) is 5.32 Å². The molecule has 1 heterocycles. The number of nitrogens with zero attached hydrogens (tertiary/aromatic N) is 2. The number of aromatic nitrogens is 2. The maximum Gasteiger partial charge on any atom is 0.207 e. The van der Waals surface area contributed by atoms with Gasteiger partial charge in [-0.25, -0.2) is 4.98 Å². The van der Waals surface area contributed by atoms with Crippen LogP contribution >= 0.6 is 15.9 Å². The number of halogens is 1. The highest BCUT2D eigenvalue weighted by atomic mass is 79.9. The molecule has 3 nitrogen and oxygen atoms in total. The van der Waals surface area contributed by atoms with E-state index >= 15 is 0 Å². The number of hydrogen-bond acceptors (Lipinski definition) is 2. The quantitative estimate of drug-likeness (QED) is 0.925. The van der Waals surface area contributed by atoms with Crippen LogP contribution in [0.25, 0.3) is 0 Å². The van der Waals surface area contributed by atoms with Gasteiger partial charge in [-0.05, 0) is 47.8 Å². The van der Waals surface area contributed by atoms with Crippen LogP contribution in [-0.4, -0.2) is 9.55 Å². The van der Waals surface area contributed by atoms with Gasteiger partial charge in [0, 0.05) is 16.7 Å². The zero-order valence-electron chi connectivity index (χ0n) is 9.65. The third-order valence-electron chi connectivity index (χ3n) is 2.91. The molecule has 0 spiro atoms. The topological polar surface area (TPSA) is 29.9 Å². The first kappa shape index (κ1) is 10.8. The predicted molar refractivity (Wildman–Crippen MR) is 72.7 cm³/mol. The summed E-state index contributed by atoms with van der Waals surface area (Å²) in [5.41, 5.74) is 2.12. The second kappa shape index (κ2) is 4.18. The number of aryl methyl sites for hydroxylation is 1. The summed E-state index contributed by atoms with van der Waals surface area (Å²) in [6.45, 7) is 2.03. The number of nitrogens with one attached hydrogen (secondary N) is 1. The van der Waals surface area contributed by atoms with Gasteiger partial charge < -0.3 is 9.88 Å². The summed E-state index contributed by atoms with van der Waals surface area (Å²) in [6, 6.07) is 8.74. The minimum absolute atomic E-state index is 0.640. The van der Waals surface area contributed by atoms with Gasteiger partial charge in [-0.1, -0.05) is 12.1 Å². The third-order valence-corrected chi connectivity index (χ3v) is 3.60. The molecule has 2 aromatic rings. The Labute approximate surface area is 109 Å². The van der Waals surface area contributed by atoms with Crippen molar-refractivity contribution in [3.05, 3.63) is 40.6 Å². The molecule has 1 fully saturated rings. The van der Waals surface area contributed by atoms with Crippen LogP contribution in [0.4, 0.5) is 11.6 Å². The molecule has 0 unspecified atom stereocenters. The van der Waals surface area contributed by atoms with Crippen LogP contribution in [0.15, 0.2) is 34.9 Å². The Morgan fingerprint density at radius 2 is 2.12 bits per heavy atom. The third kappa shape index (κ3) is 2.22. The van der Waals surface area contributed by atoms with Crippen molar-refractivity contribution in [1.29, 1.82) is 0 Å². The lowest BCUT2D eigenvalue weighted by atomic mass is 10.3. The first-order valence-corrected chi connectivity index (χ1v) is 6.60. The molecule has 0 bridgehead atoms. The van der Waals surface area contributed by atoms with Crippen LogP contribution in [0.5, 0.6) is 0 Å². The highest BCUT2D eigenvalue weighted by Crippen LogP contribution is 2.38. The van der Waals surface area contributed by atoms with E-state index in [2.05, 4.69) is 37.0 Å². The Balaban J connectivity index is 1.92. The van der Waals surface area contributed by atoms with Crippen molar-refractivity contribution in [3.8, 4) is 0 Å². The molecule has 3 rings (SSSR count). The molecule has 0 amide bonds. The maximum atomic E-state index is 4.54. The number of rotatable bonds is 3. The van der Waals surface area contributed by atoms with Crippen molar-refractivity contribution >= 4 is 27.6 Å². The van der Waals surface area contributed by atoms with Crippen LogP contribution < -0.4 is 5.32 Å². The monoisotopic (exact) mass is 291 g/mol. The molecule has 0 radical (unpaired) electrons. The molecule has 1 N–H and O–H groups in total. The second-order valence-electron chi connectivity index (χ2n) is 4.45. The van der Waals surface area contributed by atoms with Crippen molar-refractivity contribution in [2.24, 2.45) is 0 Å².